The van der Waals surface area contributed by atoms with Crippen molar-refractivity contribution in [1.29, 1.82) is 0 Å². The number of anilines is 3. The van der Waals surface area contributed by atoms with Gasteiger partial charge in [-0.05, 0) is 78.2 Å². The lowest BCUT2D eigenvalue weighted by Gasteiger charge is -2.28. The third-order valence-electron chi connectivity index (χ3n) is 10.2. The van der Waals surface area contributed by atoms with Gasteiger partial charge in [-0.2, -0.15) is 0 Å². The molecule has 4 heteroatoms. The molecule has 0 saturated carbocycles. The van der Waals surface area contributed by atoms with E-state index in [2.05, 4.69) is 173 Å². The minimum absolute atomic E-state index is 0.899. The van der Waals surface area contributed by atoms with Crippen molar-refractivity contribution in [3.8, 4) is 5.69 Å². The van der Waals surface area contributed by atoms with E-state index >= 15 is 0 Å². The number of nitrogens with zero attached hydrogens (tertiary/aromatic N) is 2. The summed E-state index contributed by atoms with van der Waals surface area (Å²) in [5, 5.41) is 9.45. The van der Waals surface area contributed by atoms with Crippen molar-refractivity contribution in [2.24, 2.45) is 0 Å². The average molecular weight is 657 g/mol. The van der Waals surface area contributed by atoms with Crippen LogP contribution in [0.4, 0.5) is 17.1 Å². The van der Waals surface area contributed by atoms with Crippen LogP contribution in [0.25, 0.3) is 80.4 Å². The molecule has 3 aromatic heterocycles. The van der Waals surface area contributed by atoms with Crippen LogP contribution >= 0.6 is 11.3 Å². The van der Waals surface area contributed by atoms with Crippen LogP contribution < -0.4 is 4.90 Å². The molecular formula is C46H28N2OS. The van der Waals surface area contributed by atoms with E-state index < -0.39 is 0 Å². The van der Waals surface area contributed by atoms with E-state index in [-0.39, 0.29) is 0 Å². The van der Waals surface area contributed by atoms with Crippen LogP contribution in [-0.4, -0.2) is 4.57 Å². The molecule has 0 unspecified atom stereocenters. The minimum Gasteiger partial charge on any atom is -0.455 e. The first-order valence-corrected chi connectivity index (χ1v) is 17.8. The summed E-state index contributed by atoms with van der Waals surface area (Å²) >= 11 is 1.85. The topological polar surface area (TPSA) is 21.3 Å². The van der Waals surface area contributed by atoms with Crippen LogP contribution in [0.5, 0.6) is 0 Å². The summed E-state index contributed by atoms with van der Waals surface area (Å²) < 4.78 is 11.7. The van der Waals surface area contributed by atoms with Crippen molar-refractivity contribution in [2.75, 3.05) is 4.90 Å². The Morgan fingerprint density at radius 3 is 2.06 bits per heavy atom. The summed E-state index contributed by atoms with van der Waals surface area (Å²) in [7, 11) is 0. The molecule has 0 aliphatic heterocycles. The predicted molar refractivity (Wildman–Crippen MR) is 213 cm³/mol. The molecule has 234 valence electrons. The molecule has 11 rings (SSSR count). The van der Waals surface area contributed by atoms with Gasteiger partial charge in [-0.3, -0.25) is 0 Å². The van der Waals surface area contributed by atoms with Gasteiger partial charge in [0.15, 0.2) is 0 Å². The molecule has 0 spiro atoms. The monoisotopic (exact) mass is 656 g/mol. The maximum absolute atomic E-state index is 6.73. The van der Waals surface area contributed by atoms with E-state index in [4.69, 9.17) is 4.42 Å². The van der Waals surface area contributed by atoms with Gasteiger partial charge in [0, 0.05) is 58.5 Å². The second kappa shape index (κ2) is 10.6. The van der Waals surface area contributed by atoms with Crippen LogP contribution in [0.2, 0.25) is 0 Å². The van der Waals surface area contributed by atoms with Gasteiger partial charge in [0.1, 0.15) is 11.2 Å². The molecular weight excluding hydrogens is 629 g/mol. The third kappa shape index (κ3) is 3.91. The van der Waals surface area contributed by atoms with Crippen molar-refractivity contribution in [2.45, 2.75) is 0 Å². The molecule has 8 aromatic carbocycles. The van der Waals surface area contributed by atoms with Crippen LogP contribution in [0.1, 0.15) is 0 Å². The van der Waals surface area contributed by atoms with Gasteiger partial charge in [0.05, 0.1) is 22.4 Å². The van der Waals surface area contributed by atoms with E-state index in [0.29, 0.717) is 0 Å². The van der Waals surface area contributed by atoms with E-state index in [0.717, 1.165) is 61.0 Å². The van der Waals surface area contributed by atoms with Gasteiger partial charge >= 0.3 is 0 Å². The fourth-order valence-corrected chi connectivity index (χ4v) is 9.11. The van der Waals surface area contributed by atoms with E-state index in [9.17, 15) is 0 Å². The standard InChI is InChI=1S/C46H28N2OS/c1-2-13-30(14-3-1)47-37-18-7-4-17-35(37)45-39(47)20-11-21-40(45)48(31-25-27-43-36(28-31)33-16-6-9-23-42(33)50-43)38-19-10-12-29-24-26-34-32-15-5-8-22-41(32)49-46(34)44(29)38/h1-28H. The lowest BCUT2D eigenvalue weighted by molar-refractivity contribution is 0.672. The first-order chi connectivity index (χ1) is 24.8. The van der Waals surface area contributed by atoms with E-state index in [1.807, 2.05) is 17.4 Å². The number of hydrogen-bond acceptors (Lipinski definition) is 3. The van der Waals surface area contributed by atoms with E-state index in [1.54, 1.807) is 0 Å². The molecule has 0 aliphatic carbocycles. The van der Waals surface area contributed by atoms with Crippen molar-refractivity contribution >= 4 is 103 Å². The van der Waals surface area contributed by atoms with Gasteiger partial charge in [0.2, 0.25) is 0 Å². The molecule has 3 nitrogen and oxygen atoms in total. The molecule has 3 heterocycles. The highest BCUT2D eigenvalue weighted by Gasteiger charge is 2.24. The highest BCUT2D eigenvalue weighted by molar-refractivity contribution is 7.25. The first kappa shape index (κ1) is 27.6. The Morgan fingerprint density at radius 2 is 1.16 bits per heavy atom. The number of fused-ring (bicyclic) bond motifs is 11. The summed E-state index contributed by atoms with van der Waals surface area (Å²) in [5.41, 5.74) is 8.59. The third-order valence-corrected chi connectivity index (χ3v) is 11.3. The molecule has 50 heavy (non-hydrogen) atoms. The molecule has 0 fully saturated rings. The molecule has 0 aliphatic rings. The lowest BCUT2D eigenvalue weighted by atomic mass is 10.0. The molecule has 0 bridgehead atoms. The van der Waals surface area contributed by atoms with Crippen molar-refractivity contribution in [3.05, 3.63) is 170 Å². The van der Waals surface area contributed by atoms with E-state index in [1.165, 1.54) is 36.5 Å². The maximum Gasteiger partial charge on any atom is 0.145 e. The Balaban J connectivity index is 1.29. The van der Waals surface area contributed by atoms with Gasteiger partial charge in [0.25, 0.3) is 0 Å². The zero-order valence-corrected chi connectivity index (χ0v) is 27.7. The van der Waals surface area contributed by atoms with Crippen molar-refractivity contribution in [3.63, 3.8) is 0 Å². The van der Waals surface area contributed by atoms with Crippen LogP contribution in [0.15, 0.2) is 174 Å². The lowest BCUT2D eigenvalue weighted by Crippen LogP contribution is -2.11. The average Bonchev–Trinajstić information content (AvgIpc) is 3.85. The zero-order chi connectivity index (χ0) is 32.8. The maximum atomic E-state index is 6.73. The Bertz CT molecular complexity index is 3110. The van der Waals surface area contributed by atoms with Crippen molar-refractivity contribution in [1.82, 2.24) is 4.57 Å². The summed E-state index contributed by atoms with van der Waals surface area (Å²) in [5.74, 6) is 0. The van der Waals surface area contributed by atoms with Crippen LogP contribution in [0.3, 0.4) is 0 Å². The fraction of sp³-hybridized carbons (Fsp3) is 0. The Hall–Kier alpha value is -6.36. The molecule has 0 atom stereocenters. The predicted octanol–water partition coefficient (Wildman–Crippen LogP) is 13.7. The molecule has 0 saturated heterocycles. The Labute approximate surface area is 291 Å². The smallest absolute Gasteiger partial charge is 0.145 e. The molecule has 0 amide bonds. The second-order valence-electron chi connectivity index (χ2n) is 12.9. The number of aromatic nitrogens is 1. The van der Waals surface area contributed by atoms with Gasteiger partial charge in [-0.1, -0.05) is 97.1 Å². The molecule has 0 radical (unpaired) electrons. The molecule has 11 aromatic rings. The van der Waals surface area contributed by atoms with Gasteiger partial charge in [-0.15, -0.1) is 11.3 Å². The van der Waals surface area contributed by atoms with Crippen LogP contribution in [-0.2, 0) is 0 Å². The number of rotatable bonds is 4. The highest BCUT2D eigenvalue weighted by atomic mass is 32.1. The Kier molecular flexibility index (Phi) is 5.83. The second-order valence-corrected chi connectivity index (χ2v) is 14.0. The summed E-state index contributed by atoms with van der Waals surface area (Å²) in [6.07, 6.45) is 0. The summed E-state index contributed by atoms with van der Waals surface area (Å²) in [6, 6.07) is 61.3. The number of hydrogen-bond donors (Lipinski definition) is 0. The summed E-state index contributed by atoms with van der Waals surface area (Å²) in [4.78, 5) is 2.46. The number of thiophene rings is 1. The van der Waals surface area contributed by atoms with Crippen LogP contribution in [0, 0.1) is 0 Å². The summed E-state index contributed by atoms with van der Waals surface area (Å²) in [6.45, 7) is 0. The SMILES string of the molecule is c1ccc(-n2c3ccccc3c3c(N(c4ccc5sc6ccccc6c5c4)c4cccc5ccc6c7ccccc7oc6c45)cccc32)cc1. The van der Waals surface area contributed by atoms with Crippen molar-refractivity contribution < 1.29 is 4.42 Å². The fourth-order valence-electron chi connectivity index (χ4n) is 8.02. The highest BCUT2D eigenvalue weighted by Crippen LogP contribution is 2.49. The minimum atomic E-state index is 0.899. The normalized spacial score (nSPS) is 12.0. The Morgan fingerprint density at radius 1 is 0.460 bits per heavy atom. The quantitative estimate of drug-likeness (QED) is 0.188. The van der Waals surface area contributed by atoms with Gasteiger partial charge in [-0.25, -0.2) is 0 Å². The first-order valence-electron chi connectivity index (χ1n) is 16.9. The number of para-hydroxylation sites is 3. The largest absolute Gasteiger partial charge is 0.455 e. The molecule has 0 N–H and O–H groups in total. The number of furan rings is 1. The van der Waals surface area contributed by atoms with Gasteiger partial charge < -0.3 is 13.9 Å². The number of benzene rings is 8. The zero-order valence-electron chi connectivity index (χ0n) is 26.9.